The Morgan fingerprint density at radius 1 is 0.980 bits per heavy atom. The number of likely N-dealkylation sites (tertiary alicyclic amines) is 1. The van der Waals surface area contributed by atoms with E-state index in [1.807, 2.05) is 27.7 Å². The smallest absolute Gasteiger partial charge is 0.315 e. The predicted molar refractivity (Wildman–Crippen MR) is 191 cm³/mol. The van der Waals surface area contributed by atoms with Gasteiger partial charge in [-0.3, -0.25) is 14.4 Å². The predicted octanol–water partition coefficient (Wildman–Crippen LogP) is 4.51. The number of hydrogen-bond donors (Lipinski definition) is 4. The second-order valence-electron chi connectivity index (χ2n) is 16.3. The summed E-state index contributed by atoms with van der Waals surface area (Å²) in [4.78, 5) is 56.0. The van der Waals surface area contributed by atoms with E-state index in [1.54, 1.807) is 4.90 Å². The fraction of sp³-hybridized carbons (Fsp3) is 0.829. The van der Waals surface area contributed by atoms with E-state index in [2.05, 4.69) is 27.8 Å². The lowest BCUT2D eigenvalue weighted by atomic mass is 9.78. The van der Waals surface area contributed by atoms with Gasteiger partial charge in [0.1, 0.15) is 10.4 Å². The van der Waals surface area contributed by atoms with Gasteiger partial charge in [-0.1, -0.05) is 66.4 Å². The molecule has 5 fully saturated rings. The Kier molecular flexibility index (Phi) is 11.3. The number of nitrogens with zero attached hydrogens (tertiary/aromatic N) is 1. The van der Waals surface area contributed by atoms with Crippen LogP contribution in [-0.4, -0.2) is 88.5 Å². The van der Waals surface area contributed by atoms with Gasteiger partial charge in [-0.05, 0) is 56.8 Å². The number of carbonyl (C=O) groups excluding carboxylic acids is 4. The number of rotatable bonds is 14. The van der Waals surface area contributed by atoms with Crippen LogP contribution in [0.15, 0.2) is 12.3 Å². The largest absolute Gasteiger partial charge is 0.377 e. The zero-order valence-electron chi connectivity index (χ0n) is 29.4. The molecule has 0 aromatic carbocycles. The molecule has 5 aliphatic rings. The molecule has 0 radical (unpaired) electrons. The molecule has 4 amide bonds. The molecule has 3 aliphatic carbocycles. The minimum Gasteiger partial charge on any atom is -0.377 e. The molecular weight excluding hydrogens is 689 g/mol. The fourth-order valence-corrected chi connectivity index (χ4v) is 11.6. The minimum atomic E-state index is -3.35. The molecule has 276 valence electrons. The van der Waals surface area contributed by atoms with Gasteiger partial charge in [0.05, 0.1) is 28.6 Å². The molecule has 2 saturated heterocycles. The standard InChI is InChI=1S/C35H55Cl2N5O6S/c1-6-7-12-24(29(43)30(44)39-22-14-15-22)38-21(2)28-27-23(35(27,36)37)20-42(28)31(45)25(19-33(3,4)5)40-32(46)41-34(16-9-8-10-17-34)26-13-11-18-49(26,47)48/h22-28,38H,2,6-20H2,1,3-5H3,(H,39,44)(H2,40,41,46)/t23?,24-,25-,26?,27?,28+/m0/s1. The topological polar surface area (TPSA) is 154 Å². The Bertz CT molecular complexity index is 1420. The summed E-state index contributed by atoms with van der Waals surface area (Å²) >= 11 is 13.4. The first-order chi connectivity index (χ1) is 22.9. The van der Waals surface area contributed by atoms with Crippen LogP contribution < -0.4 is 21.3 Å². The molecular formula is C35H55Cl2N5O6S. The minimum absolute atomic E-state index is 0.0368. The van der Waals surface area contributed by atoms with E-state index in [-0.39, 0.29) is 41.5 Å². The number of fused-ring (bicyclic) bond motifs is 1. The Morgan fingerprint density at radius 3 is 2.22 bits per heavy atom. The van der Waals surface area contributed by atoms with Crippen molar-refractivity contribution in [3.63, 3.8) is 0 Å². The number of amides is 4. The highest BCUT2D eigenvalue weighted by Gasteiger charge is 2.73. The van der Waals surface area contributed by atoms with Crippen LogP contribution in [0.5, 0.6) is 0 Å². The van der Waals surface area contributed by atoms with Gasteiger partial charge >= 0.3 is 6.03 Å². The van der Waals surface area contributed by atoms with E-state index < -0.39 is 60.8 Å². The average Bonchev–Trinajstić information content (AvgIpc) is 3.79. The molecule has 4 N–H and O–H groups in total. The van der Waals surface area contributed by atoms with Gasteiger partial charge in [0.2, 0.25) is 11.7 Å². The number of carbonyl (C=O) groups is 4. The summed E-state index contributed by atoms with van der Waals surface area (Å²) in [5.41, 5.74) is -0.844. The molecule has 3 unspecified atom stereocenters. The summed E-state index contributed by atoms with van der Waals surface area (Å²) in [6, 6.07) is -2.95. The summed E-state index contributed by atoms with van der Waals surface area (Å²) in [5, 5.41) is 11.4. The van der Waals surface area contributed by atoms with Gasteiger partial charge in [0.15, 0.2) is 9.84 Å². The second-order valence-corrected chi connectivity index (χ2v) is 20.1. The first kappa shape index (κ1) is 38.2. The first-order valence-electron chi connectivity index (χ1n) is 18.2. The molecule has 49 heavy (non-hydrogen) atoms. The number of unbranched alkanes of at least 4 members (excludes halogenated alkanes) is 1. The molecule has 6 atom stereocenters. The molecule has 0 bridgehead atoms. The number of halogens is 2. The lowest BCUT2D eigenvalue weighted by molar-refractivity contribution is -0.139. The van der Waals surface area contributed by atoms with Crippen LogP contribution in [0.3, 0.4) is 0 Å². The first-order valence-corrected chi connectivity index (χ1v) is 20.7. The van der Waals surface area contributed by atoms with Crippen molar-refractivity contribution in [3.8, 4) is 0 Å². The van der Waals surface area contributed by atoms with Crippen LogP contribution in [-0.2, 0) is 24.2 Å². The van der Waals surface area contributed by atoms with Crippen LogP contribution in [0.2, 0.25) is 0 Å². The third-order valence-electron chi connectivity index (χ3n) is 11.1. The van der Waals surface area contributed by atoms with E-state index in [4.69, 9.17) is 23.2 Å². The van der Waals surface area contributed by atoms with Gasteiger partial charge in [0.25, 0.3) is 5.91 Å². The molecule has 5 rings (SSSR count). The molecule has 2 heterocycles. The maximum absolute atomic E-state index is 14.5. The van der Waals surface area contributed by atoms with Crippen molar-refractivity contribution < 1.29 is 27.6 Å². The zero-order valence-corrected chi connectivity index (χ0v) is 31.7. The highest BCUT2D eigenvalue weighted by atomic mass is 35.5. The molecule has 0 spiro atoms. The highest BCUT2D eigenvalue weighted by Crippen LogP contribution is 2.66. The third-order valence-corrected chi connectivity index (χ3v) is 14.6. The summed E-state index contributed by atoms with van der Waals surface area (Å²) in [6.07, 6.45) is 8.87. The van der Waals surface area contributed by atoms with Crippen LogP contribution in [0.4, 0.5) is 4.79 Å². The van der Waals surface area contributed by atoms with Crippen molar-refractivity contribution in [2.45, 2.75) is 150 Å². The molecule has 14 heteroatoms. The average molecular weight is 745 g/mol. The van der Waals surface area contributed by atoms with E-state index in [1.165, 1.54) is 0 Å². The highest BCUT2D eigenvalue weighted by molar-refractivity contribution is 7.92. The number of alkyl halides is 2. The normalized spacial score (nSPS) is 29.2. The molecule has 0 aromatic rings. The third kappa shape index (κ3) is 8.54. The lowest BCUT2D eigenvalue weighted by Gasteiger charge is -2.42. The monoisotopic (exact) mass is 743 g/mol. The molecule has 2 aliphatic heterocycles. The lowest BCUT2D eigenvalue weighted by Crippen LogP contribution is -2.63. The quantitative estimate of drug-likeness (QED) is 0.151. The SMILES string of the molecule is C=C(N[C@@H](CCCC)C(=O)C(=O)NC1CC1)[C@@H]1C2C(CN1C(=O)[C@H](CC(C)(C)C)NC(=O)NC1(C3CCCS3(=O)=O)CCCCC1)C2(Cl)Cl. The van der Waals surface area contributed by atoms with Crippen LogP contribution in [0.25, 0.3) is 0 Å². The van der Waals surface area contributed by atoms with Gasteiger partial charge < -0.3 is 26.2 Å². The number of hydrogen-bond acceptors (Lipinski definition) is 7. The van der Waals surface area contributed by atoms with Gasteiger partial charge in [-0.15, -0.1) is 23.2 Å². The number of nitrogens with one attached hydrogen (secondary N) is 4. The van der Waals surface area contributed by atoms with Gasteiger partial charge in [0, 0.05) is 30.1 Å². The van der Waals surface area contributed by atoms with Crippen LogP contribution in [0.1, 0.15) is 111 Å². The summed E-state index contributed by atoms with van der Waals surface area (Å²) in [5.74, 6) is -1.97. The number of Topliss-reactive ketones (excluding diaryl/α,β-unsaturated/α-hetero) is 1. The molecule has 11 nitrogen and oxygen atoms in total. The van der Waals surface area contributed by atoms with E-state index in [9.17, 15) is 27.6 Å². The number of ketones is 1. The molecule has 0 aromatic heterocycles. The Balaban J connectivity index is 1.35. The summed E-state index contributed by atoms with van der Waals surface area (Å²) in [7, 11) is -3.35. The van der Waals surface area contributed by atoms with E-state index >= 15 is 0 Å². The Labute approximate surface area is 301 Å². The second kappa shape index (κ2) is 14.5. The summed E-state index contributed by atoms with van der Waals surface area (Å²) in [6.45, 7) is 12.5. The van der Waals surface area contributed by atoms with Crippen molar-refractivity contribution in [1.29, 1.82) is 0 Å². The van der Waals surface area contributed by atoms with Gasteiger partial charge in [-0.2, -0.15) is 0 Å². The van der Waals surface area contributed by atoms with Crippen molar-refractivity contribution in [2.24, 2.45) is 17.3 Å². The van der Waals surface area contributed by atoms with E-state index in [0.717, 1.165) is 38.5 Å². The number of piperidine rings is 1. The maximum Gasteiger partial charge on any atom is 0.315 e. The van der Waals surface area contributed by atoms with Crippen LogP contribution in [0, 0.1) is 17.3 Å². The molecule has 3 saturated carbocycles. The van der Waals surface area contributed by atoms with Crippen molar-refractivity contribution in [2.75, 3.05) is 12.3 Å². The van der Waals surface area contributed by atoms with E-state index in [0.29, 0.717) is 50.6 Å². The number of urea groups is 1. The Morgan fingerprint density at radius 2 is 1.65 bits per heavy atom. The van der Waals surface area contributed by atoms with Crippen molar-refractivity contribution in [1.82, 2.24) is 26.2 Å². The number of sulfone groups is 1. The van der Waals surface area contributed by atoms with Crippen molar-refractivity contribution >= 4 is 56.7 Å². The van der Waals surface area contributed by atoms with Crippen LogP contribution >= 0.6 is 23.2 Å². The Hall–Kier alpha value is -2.05. The maximum atomic E-state index is 14.5. The zero-order chi connectivity index (χ0) is 35.9. The van der Waals surface area contributed by atoms with Gasteiger partial charge in [-0.25, -0.2) is 13.2 Å². The summed E-state index contributed by atoms with van der Waals surface area (Å²) < 4.78 is 25.1. The fourth-order valence-electron chi connectivity index (χ4n) is 8.42. The van der Waals surface area contributed by atoms with Crippen molar-refractivity contribution in [3.05, 3.63) is 12.3 Å².